The van der Waals surface area contributed by atoms with Crippen molar-refractivity contribution in [2.75, 3.05) is 50.1 Å². The number of hydrogen-bond donors (Lipinski definition) is 2. The minimum Gasteiger partial charge on any atom is -0.495 e. The molecule has 1 amide bonds. The summed E-state index contributed by atoms with van der Waals surface area (Å²) in [7, 11) is 1.52. The molecular weight excluding hydrogens is 532 g/mol. The number of rotatable bonds is 5. The summed E-state index contributed by atoms with van der Waals surface area (Å²) in [6.07, 6.45) is 0. The number of thiocarbonyl (C=S) groups is 1. The second kappa shape index (κ2) is 10.6. The molecule has 0 atom stereocenters. The summed E-state index contributed by atoms with van der Waals surface area (Å²) in [4.78, 5) is 17.5. The van der Waals surface area contributed by atoms with Gasteiger partial charge in [0.1, 0.15) is 5.75 Å². The van der Waals surface area contributed by atoms with Crippen molar-refractivity contribution in [2.45, 2.75) is 6.92 Å². The molecule has 0 aromatic heterocycles. The molecule has 1 aliphatic rings. The van der Waals surface area contributed by atoms with Gasteiger partial charge in [0.2, 0.25) is 0 Å². The average Bonchev–Trinajstić information content (AvgIpc) is 2.73. The molecule has 0 spiro atoms. The van der Waals surface area contributed by atoms with Gasteiger partial charge in [0.15, 0.2) is 5.11 Å². The zero-order valence-corrected chi connectivity index (χ0v) is 20.9. The molecule has 0 unspecified atom stereocenters. The molecule has 30 heavy (non-hydrogen) atoms. The summed E-state index contributed by atoms with van der Waals surface area (Å²) in [6.45, 7) is 7.52. The Morgan fingerprint density at radius 2 is 1.80 bits per heavy atom. The average molecular weight is 556 g/mol. The van der Waals surface area contributed by atoms with E-state index in [-0.39, 0.29) is 11.0 Å². The predicted molar refractivity (Wildman–Crippen MR) is 133 cm³/mol. The molecule has 1 aliphatic heterocycles. The van der Waals surface area contributed by atoms with Crippen LogP contribution in [0.1, 0.15) is 17.3 Å². The van der Waals surface area contributed by atoms with E-state index in [4.69, 9.17) is 17.0 Å². The highest BCUT2D eigenvalue weighted by Crippen LogP contribution is 2.32. The number of hydrogen-bond acceptors (Lipinski definition) is 5. The molecule has 9 heteroatoms. The molecule has 0 radical (unpaired) electrons. The third-order valence-corrected chi connectivity index (χ3v) is 6.25. The first-order chi connectivity index (χ1) is 14.4. The van der Waals surface area contributed by atoms with Crippen LogP contribution in [0, 0.1) is 0 Å². The predicted octanol–water partition coefficient (Wildman–Crippen LogP) is 4.49. The van der Waals surface area contributed by atoms with Gasteiger partial charge in [0, 0.05) is 42.0 Å². The van der Waals surface area contributed by atoms with Crippen molar-refractivity contribution < 1.29 is 9.53 Å². The second-order valence-corrected chi connectivity index (χ2v) is 9.02. The minimum atomic E-state index is -0.350. The van der Waals surface area contributed by atoms with Crippen molar-refractivity contribution >= 4 is 66.5 Å². The Kier molecular flexibility index (Phi) is 8.10. The minimum absolute atomic E-state index is 0.225. The summed E-state index contributed by atoms with van der Waals surface area (Å²) in [5, 5.41) is 6.00. The van der Waals surface area contributed by atoms with Crippen LogP contribution in [-0.2, 0) is 0 Å². The van der Waals surface area contributed by atoms with Gasteiger partial charge < -0.3 is 19.9 Å². The molecule has 1 fully saturated rings. The smallest absolute Gasteiger partial charge is 0.261 e. The maximum absolute atomic E-state index is 12.7. The maximum atomic E-state index is 12.7. The number of carbonyl (C=O) groups excluding carboxylic acids is 1. The highest BCUT2D eigenvalue weighted by atomic mass is 79.9. The van der Waals surface area contributed by atoms with Gasteiger partial charge in [-0.25, -0.2) is 0 Å². The lowest BCUT2D eigenvalue weighted by molar-refractivity contribution is 0.0974. The van der Waals surface area contributed by atoms with E-state index in [2.05, 4.69) is 71.3 Å². The lowest BCUT2D eigenvalue weighted by Gasteiger charge is -2.35. The third kappa shape index (κ3) is 5.72. The van der Waals surface area contributed by atoms with E-state index in [1.807, 2.05) is 18.2 Å². The van der Waals surface area contributed by atoms with Crippen LogP contribution in [0.15, 0.2) is 45.3 Å². The van der Waals surface area contributed by atoms with Gasteiger partial charge in [-0.3, -0.25) is 10.1 Å². The normalized spacial score (nSPS) is 14.3. The number of carbonyl (C=O) groups is 1. The number of ether oxygens (including phenoxy) is 1. The second-order valence-electron chi connectivity index (χ2n) is 6.84. The fourth-order valence-corrected chi connectivity index (χ4v) is 4.94. The molecule has 1 saturated heterocycles. The number of benzene rings is 2. The highest BCUT2D eigenvalue weighted by Gasteiger charge is 2.18. The monoisotopic (exact) mass is 554 g/mol. The number of nitrogens with zero attached hydrogens (tertiary/aromatic N) is 2. The van der Waals surface area contributed by atoms with Gasteiger partial charge in [0.25, 0.3) is 5.91 Å². The molecule has 2 aromatic rings. The van der Waals surface area contributed by atoms with Crippen LogP contribution in [0.25, 0.3) is 0 Å². The number of halogens is 2. The zero-order valence-electron chi connectivity index (χ0n) is 16.9. The fourth-order valence-electron chi connectivity index (χ4n) is 3.35. The standard InChI is InChI=1S/C21H24Br2N4O2S/c1-3-26-8-10-27(11-9-26)16-6-4-15(5-7-16)24-21(30)25-20(28)17-12-14(22)13-18(23)19(17)29-2/h4-7,12-13H,3,8-11H2,1-2H3,(H2,24,25,28,30). The van der Waals surface area contributed by atoms with Gasteiger partial charge >= 0.3 is 0 Å². The Morgan fingerprint density at radius 3 is 2.40 bits per heavy atom. The quantitative estimate of drug-likeness (QED) is 0.530. The fraction of sp³-hybridized carbons (Fsp3) is 0.333. The molecule has 0 bridgehead atoms. The molecule has 0 saturated carbocycles. The van der Waals surface area contributed by atoms with Crippen LogP contribution in [0.4, 0.5) is 11.4 Å². The number of nitrogens with one attached hydrogen (secondary N) is 2. The largest absolute Gasteiger partial charge is 0.495 e. The number of anilines is 2. The summed E-state index contributed by atoms with van der Waals surface area (Å²) >= 11 is 12.1. The number of amides is 1. The molecule has 160 valence electrons. The van der Waals surface area contributed by atoms with Crippen molar-refractivity contribution in [3.63, 3.8) is 0 Å². The van der Waals surface area contributed by atoms with Crippen LogP contribution in [0.3, 0.4) is 0 Å². The molecular formula is C21H24Br2N4O2S. The van der Waals surface area contributed by atoms with E-state index in [9.17, 15) is 4.79 Å². The van der Waals surface area contributed by atoms with E-state index in [1.165, 1.54) is 12.8 Å². The molecule has 2 aromatic carbocycles. The van der Waals surface area contributed by atoms with Crippen LogP contribution >= 0.6 is 44.1 Å². The summed E-state index contributed by atoms with van der Waals surface area (Å²) in [5.74, 6) is 0.0998. The van der Waals surface area contributed by atoms with Crippen molar-refractivity contribution in [2.24, 2.45) is 0 Å². The Balaban J connectivity index is 1.60. The topological polar surface area (TPSA) is 56.8 Å². The molecule has 6 nitrogen and oxygen atoms in total. The zero-order chi connectivity index (χ0) is 21.7. The van der Waals surface area contributed by atoms with Crippen molar-refractivity contribution in [1.29, 1.82) is 0 Å². The first kappa shape index (κ1) is 23.0. The first-order valence-electron chi connectivity index (χ1n) is 9.64. The Morgan fingerprint density at radius 1 is 1.13 bits per heavy atom. The summed E-state index contributed by atoms with van der Waals surface area (Å²) in [6, 6.07) is 11.6. The van der Waals surface area contributed by atoms with E-state index in [0.29, 0.717) is 15.8 Å². The van der Waals surface area contributed by atoms with Gasteiger partial charge in [0.05, 0.1) is 17.1 Å². The van der Waals surface area contributed by atoms with Gasteiger partial charge in [-0.1, -0.05) is 22.9 Å². The molecule has 1 heterocycles. The summed E-state index contributed by atoms with van der Waals surface area (Å²) in [5.41, 5.74) is 2.39. The van der Waals surface area contributed by atoms with Crippen molar-refractivity contribution in [1.82, 2.24) is 10.2 Å². The third-order valence-electron chi connectivity index (χ3n) is 4.99. The van der Waals surface area contributed by atoms with Crippen molar-refractivity contribution in [3.8, 4) is 5.75 Å². The van der Waals surface area contributed by atoms with E-state index >= 15 is 0 Å². The molecule has 2 N–H and O–H groups in total. The number of piperazine rings is 1. The molecule has 3 rings (SSSR count). The molecule has 0 aliphatic carbocycles. The summed E-state index contributed by atoms with van der Waals surface area (Å²) < 4.78 is 6.78. The van der Waals surface area contributed by atoms with Crippen LogP contribution in [-0.4, -0.2) is 55.8 Å². The Labute approximate surface area is 199 Å². The van der Waals surface area contributed by atoms with Crippen molar-refractivity contribution in [3.05, 3.63) is 50.9 Å². The van der Waals surface area contributed by atoms with Crippen LogP contribution < -0.4 is 20.3 Å². The Bertz CT molecular complexity index is 916. The lowest BCUT2D eigenvalue weighted by atomic mass is 10.2. The van der Waals surface area contributed by atoms with Crippen LogP contribution in [0.2, 0.25) is 0 Å². The van der Waals surface area contributed by atoms with Crippen LogP contribution in [0.5, 0.6) is 5.75 Å². The van der Waals surface area contributed by atoms with Gasteiger partial charge in [-0.2, -0.15) is 0 Å². The first-order valence-corrected chi connectivity index (χ1v) is 11.6. The highest BCUT2D eigenvalue weighted by molar-refractivity contribution is 9.11. The van der Waals surface area contributed by atoms with E-state index in [0.717, 1.165) is 42.9 Å². The number of likely N-dealkylation sites (N-methyl/N-ethyl adjacent to an activating group) is 1. The SMILES string of the molecule is CCN1CCN(c2ccc(NC(=S)NC(=O)c3cc(Br)cc(Br)c3OC)cc2)CC1. The lowest BCUT2D eigenvalue weighted by Crippen LogP contribution is -2.46. The van der Waals surface area contributed by atoms with E-state index in [1.54, 1.807) is 6.07 Å². The Hall–Kier alpha value is -1.68. The number of methoxy groups -OCH3 is 1. The maximum Gasteiger partial charge on any atom is 0.261 e. The van der Waals surface area contributed by atoms with Gasteiger partial charge in [-0.05, 0) is 71.1 Å². The van der Waals surface area contributed by atoms with Gasteiger partial charge in [-0.15, -0.1) is 0 Å². The van der Waals surface area contributed by atoms with E-state index < -0.39 is 0 Å².